The molecule has 2 heterocycles. The van der Waals surface area contributed by atoms with Crippen LogP contribution in [0.3, 0.4) is 0 Å². The quantitative estimate of drug-likeness (QED) is 0.806. The van der Waals surface area contributed by atoms with Crippen molar-refractivity contribution in [1.29, 1.82) is 0 Å². The first-order valence-electron chi connectivity index (χ1n) is 9.53. The topological polar surface area (TPSA) is 60.9 Å². The van der Waals surface area contributed by atoms with Gasteiger partial charge in [0, 0.05) is 18.1 Å². The highest BCUT2D eigenvalue weighted by molar-refractivity contribution is 6.30. The first-order valence-corrected chi connectivity index (χ1v) is 9.91. The van der Waals surface area contributed by atoms with E-state index >= 15 is 0 Å². The molecule has 2 saturated heterocycles. The van der Waals surface area contributed by atoms with E-state index in [0.717, 1.165) is 11.1 Å². The zero-order valence-corrected chi connectivity index (χ0v) is 16.5. The molecule has 0 aliphatic carbocycles. The molecular formula is C22H23ClN2O3. The van der Waals surface area contributed by atoms with E-state index in [1.807, 2.05) is 48.2 Å². The lowest BCUT2D eigenvalue weighted by atomic mass is 9.84. The molecule has 2 amide bonds. The third-order valence-electron chi connectivity index (χ3n) is 5.86. The standard InChI is InChI=1S/C22H23ClN2O3/c1-15-2-8-18(9-3-15)25-20(26)14-19(21(25)27)24-12-10-22(28,11-13-24)16-4-6-17(23)7-5-16/h2-9,19,28H,10-14H2,1H3. The van der Waals surface area contributed by atoms with Gasteiger partial charge in [-0.3, -0.25) is 14.5 Å². The number of anilines is 1. The summed E-state index contributed by atoms with van der Waals surface area (Å²) in [4.78, 5) is 28.8. The minimum atomic E-state index is -0.927. The van der Waals surface area contributed by atoms with Crippen LogP contribution in [0, 0.1) is 6.92 Å². The summed E-state index contributed by atoms with van der Waals surface area (Å²) in [6.07, 6.45) is 1.21. The number of rotatable bonds is 3. The Balaban J connectivity index is 1.46. The van der Waals surface area contributed by atoms with Gasteiger partial charge >= 0.3 is 0 Å². The molecule has 2 aromatic carbocycles. The number of carbonyl (C=O) groups is 2. The molecule has 1 atom stereocenters. The highest BCUT2D eigenvalue weighted by Gasteiger charge is 2.45. The minimum Gasteiger partial charge on any atom is -0.385 e. The van der Waals surface area contributed by atoms with Crippen molar-refractivity contribution in [3.05, 3.63) is 64.7 Å². The van der Waals surface area contributed by atoms with Crippen LogP contribution < -0.4 is 4.90 Å². The number of benzene rings is 2. The van der Waals surface area contributed by atoms with E-state index in [9.17, 15) is 14.7 Å². The minimum absolute atomic E-state index is 0.169. The molecule has 2 aliphatic heterocycles. The summed E-state index contributed by atoms with van der Waals surface area (Å²) < 4.78 is 0. The average molecular weight is 399 g/mol. The Morgan fingerprint density at radius 3 is 2.21 bits per heavy atom. The van der Waals surface area contributed by atoms with Gasteiger partial charge in [0.25, 0.3) is 5.91 Å². The van der Waals surface area contributed by atoms with Crippen LogP contribution in [-0.4, -0.2) is 41.0 Å². The van der Waals surface area contributed by atoms with Crippen molar-refractivity contribution in [2.24, 2.45) is 0 Å². The molecule has 6 heteroatoms. The van der Waals surface area contributed by atoms with E-state index < -0.39 is 11.6 Å². The summed E-state index contributed by atoms with van der Waals surface area (Å²) in [6.45, 7) is 3.09. The Morgan fingerprint density at radius 1 is 1.00 bits per heavy atom. The molecule has 28 heavy (non-hydrogen) atoms. The molecule has 2 aromatic rings. The van der Waals surface area contributed by atoms with Crippen LogP contribution >= 0.6 is 11.6 Å². The number of nitrogens with zero attached hydrogens (tertiary/aromatic N) is 2. The molecule has 2 fully saturated rings. The molecule has 4 rings (SSSR count). The van der Waals surface area contributed by atoms with Crippen LogP contribution in [-0.2, 0) is 15.2 Å². The van der Waals surface area contributed by atoms with Crippen molar-refractivity contribution in [1.82, 2.24) is 4.90 Å². The number of imide groups is 1. The van der Waals surface area contributed by atoms with E-state index in [0.29, 0.717) is 36.6 Å². The van der Waals surface area contributed by atoms with E-state index in [4.69, 9.17) is 11.6 Å². The number of carbonyl (C=O) groups excluding carboxylic acids is 2. The zero-order valence-electron chi connectivity index (χ0n) is 15.8. The fraction of sp³-hybridized carbons (Fsp3) is 0.364. The Labute approximate surface area is 169 Å². The summed E-state index contributed by atoms with van der Waals surface area (Å²) in [6, 6.07) is 14.2. The number of hydrogen-bond acceptors (Lipinski definition) is 4. The Bertz CT molecular complexity index is 887. The van der Waals surface area contributed by atoms with Crippen molar-refractivity contribution < 1.29 is 14.7 Å². The maximum atomic E-state index is 13.0. The van der Waals surface area contributed by atoms with Crippen molar-refractivity contribution in [3.8, 4) is 0 Å². The largest absolute Gasteiger partial charge is 0.385 e. The number of amides is 2. The number of hydrogen-bond donors (Lipinski definition) is 1. The predicted octanol–water partition coefficient (Wildman–Crippen LogP) is 3.26. The molecule has 0 bridgehead atoms. The van der Waals surface area contributed by atoms with Crippen LogP contribution in [0.25, 0.3) is 0 Å². The van der Waals surface area contributed by atoms with Gasteiger partial charge in [-0.25, -0.2) is 4.90 Å². The number of likely N-dealkylation sites (tertiary alicyclic amines) is 1. The number of piperidine rings is 1. The lowest BCUT2D eigenvalue weighted by Crippen LogP contribution is -2.49. The summed E-state index contributed by atoms with van der Waals surface area (Å²) >= 11 is 5.94. The van der Waals surface area contributed by atoms with Gasteiger partial charge in [0.1, 0.15) is 0 Å². The fourth-order valence-electron chi connectivity index (χ4n) is 4.12. The highest BCUT2D eigenvalue weighted by Crippen LogP contribution is 2.36. The summed E-state index contributed by atoms with van der Waals surface area (Å²) in [5.41, 5.74) is 1.62. The number of halogens is 1. The third kappa shape index (κ3) is 3.46. The fourth-order valence-corrected chi connectivity index (χ4v) is 4.25. The molecule has 2 aliphatic rings. The van der Waals surface area contributed by atoms with Gasteiger partial charge in [-0.1, -0.05) is 41.4 Å². The molecule has 0 aromatic heterocycles. The van der Waals surface area contributed by atoms with Crippen molar-refractivity contribution in [2.45, 2.75) is 37.8 Å². The molecule has 0 radical (unpaired) electrons. The molecule has 0 saturated carbocycles. The molecular weight excluding hydrogens is 376 g/mol. The van der Waals surface area contributed by atoms with Crippen LogP contribution in [0.1, 0.15) is 30.4 Å². The smallest absolute Gasteiger partial charge is 0.251 e. The Morgan fingerprint density at radius 2 is 1.61 bits per heavy atom. The van der Waals surface area contributed by atoms with Gasteiger partial charge in [-0.05, 0) is 49.6 Å². The van der Waals surface area contributed by atoms with Crippen LogP contribution in [0.4, 0.5) is 5.69 Å². The van der Waals surface area contributed by atoms with E-state index in [1.165, 1.54) is 4.90 Å². The number of aryl methyl sites for hydroxylation is 1. The average Bonchev–Trinajstić information content (AvgIpc) is 2.98. The SMILES string of the molecule is Cc1ccc(N2C(=O)CC(N3CCC(O)(c4ccc(Cl)cc4)CC3)C2=O)cc1. The second-order valence-electron chi connectivity index (χ2n) is 7.70. The zero-order chi connectivity index (χ0) is 19.9. The lowest BCUT2D eigenvalue weighted by Gasteiger charge is -2.40. The molecule has 1 N–H and O–H groups in total. The monoisotopic (exact) mass is 398 g/mol. The first-order chi connectivity index (χ1) is 13.4. The number of aliphatic hydroxyl groups is 1. The van der Waals surface area contributed by atoms with Crippen molar-refractivity contribution in [3.63, 3.8) is 0 Å². The van der Waals surface area contributed by atoms with E-state index in [-0.39, 0.29) is 18.2 Å². The molecule has 5 nitrogen and oxygen atoms in total. The van der Waals surface area contributed by atoms with Crippen LogP contribution in [0.2, 0.25) is 5.02 Å². The Kier molecular flexibility index (Phi) is 5.00. The Hall–Kier alpha value is -2.21. The summed E-state index contributed by atoms with van der Waals surface area (Å²) in [7, 11) is 0. The van der Waals surface area contributed by atoms with E-state index in [1.54, 1.807) is 12.1 Å². The summed E-state index contributed by atoms with van der Waals surface area (Å²) in [5, 5.41) is 11.7. The predicted molar refractivity (Wildman–Crippen MR) is 108 cm³/mol. The normalized spacial score (nSPS) is 22.7. The molecule has 1 unspecified atom stereocenters. The van der Waals surface area contributed by atoms with Gasteiger partial charge in [-0.2, -0.15) is 0 Å². The van der Waals surface area contributed by atoms with Gasteiger partial charge in [0.15, 0.2) is 0 Å². The van der Waals surface area contributed by atoms with E-state index in [2.05, 4.69) is 0 Å². The second kappa shape index (κ2) is 7.32. The first kappa shape index (κ1) is 19.1. The molecule has 146 valence electrons. The van der Waals surface area contributed by atoms with Gasteiger partial charge in [0.05, 0.1) is 23.8 Å². The highest BCUT2D eigenvalue weighted by atomic mass is 35.5. The van der Waals surface area contributed by atoms with Crippen LogP contribution in [0.15, 0.2) is 48.5 Å². The maximum Gasteiger partial charge on any atom is 0.251 e. The van der Waals surface area contributed by atoms with Gasteiger partial charge < -0.3 is 5.11 Å². The van der Waals surface area contributed by atoms with Gasteiger partial charge in [-0.15, -0.1) is 0 Å². The summed E-state index contributed by atoms with van der Waals surface area (Å²) in [5.74, 6) is -0.344. The van der Waals surface area contributed by atoms with Crippen LogP contribution in [0.5, 0.6) is 0 Å². The van der Waals surface area contributed by atoms with Crippen molar-refractivity contribution >= 4 is 29.1 Å². The second-order valence-corrected chi connectivity index (χ2v) is 8.13. The van der Waals surface area contributed by atoms with Crippen molar-refractivity contribution in [2.75, 3.05) is 18.0 Å². The maximum absolute atomic E-state index is 13.0. The molecule has 0 spiro atoms. The lowest BCUT2D eigenvalue weighted by molar-refractivity contribution is -0.124. The third-order valence-corrected chi connectivity index (χ3v) is 6.11. The van der Waals surface area contributed by atoms with Gasteiger partial charge in [0.2, 0.25) is 5.91 Å².